The van der Waals surface area contributed by atoms with Crippen LogP contribution in [0.4, 0.5) is 0 Å². The molecule has 0 amide bonds. The fourth-order valence-electron chi connectivity index (χ4n) is 3.66. The number of hydrogen-bond donors (Lipinski definition) is 1. The zero-order valence-corrected chi connectivity index (χ0v) is 11.0. The van der Waals surface area contributed by atoms with Crippen LogP contribution in [0.15, 0.2) is 0 Å². The van der Waals surface area contributed by atoms with Crippen LogP contribution in [0.3, 0.4) is 0 Å². The first kappa shape index (κ1) is 12.4. The Bertz CT molecular complexity index is 205. The summed E-state index contributed by atoms with van der Waals surface area (Å²) in [4.78, 5) is 2.54. The lowest BCUT2D eigenvalue weighted by Gasteiger charge is -2.27. The Labute approximate surface area is 101 Å². The lowest BCUT2D eigenvalue weighted by atomic mass is 9.88. The third kappa shape index (κ3) is 3.21. The molecule has 3 atom stereocenters. The van der Waals surface area contributed by atoms with Gasteiger partial charge in [0, 0.05) is 19.6 Å². The topological polar surface area (TPSA) is 15.3 Å². The molecule has 2 heteroatoms. The number of rotatable bonds is 7. The SMILES string of the molecule is CCCNCCN(C)CC1CC2CCC1C2. The Balaban J connectivity index is 1.58. The van der Waals surface area contributed by atoms with E-state index in [0.717, 1.165) is 24.3 Å². The molecular weight excluding hydrogens is 196 g/mol. The normalized spacial score (nSPS) is 32.8. The Hall–Kier alpha value is -0.0800. The van der Waals surface area contributed by atoms with Crippen molar-refractivity contribution < 1.29 is 0 Å². The average molecular weight is 224 g/mol. The van der Waals surface area contributed by atoms with Gasteiger partial charge in [-0.25, -0.2) is 0 Å². The van der Waals surface area contributed by atoms with E-state index in [1.807, 2.05) is 0 Å². The first-order valence-corrected chi connectivity index (χ1v) is 7.18. The number of nitrogens with one attached hydrogen (secondary N) is 1. The van der Waals surface area contributed by atoms with Gasteiger partial charge in [-0.15, -0.1) is 0 Å². The van der Waals surface area contributed by atoms with Crippen LogP contribution in [0.25, 0.3) is 0 Å². The molecule has 0 aromatic carbocycles. The molecule has 2 saturated carbocycles. The molecule has 3 unspecified atom stereocenters. The Morgan fingerprint density at radius 1 is 1.19 bits per heavy atom. The second kappa shape index (κ2) is 6.02. The van der Waals surface area contributed by atoms with Crippen molar-refractivity contribution in [2.45, 2.75) is 39.0 Å². The monoisotopic (exact) mass is 224 g/mol. The highest BCUT2D eigenvalue weighted by molar-refractivity contribution is 4.90. The number of nitrogens with zero attached hydrogens (tertiary/aromatic N) is 1. The number of fused-ring (bicyclic) bond motifs is 2. The molecule has 2 fully saturated rings. The summed E-state index contributed by atoms with van der Waals surface area (Å²) in [5.41, 5.74) is 0. The maximum atomic E-state index is 3.48. The van der Waals surface area contributed by atoms with Gasteiger partial charge >= 0.3 is 0 Å². The standard InChI is InChI=1S/C14H28N2/c1-3-6-15-7-8-16(2)11-14-10-12-4-5-13(14)9-12/h12-15H,3-11H2,1-2H3. The minimum Gasteiger partial charge on any atom is -0.315 e. The minimum absolute atomic E-state index is 1.02. The molecule has 1 N–H and O–H groups in total. The third-order valence-electron chi connectivity index (χ3n) is 4.53. The summed E-state index contributed by atoms with van der Waals surface area (Å²) >= 11 is 0. The minimum atomic E-state index is 1.02. The van der Waals surface area contributed by atoms with Crippen molar-refractivity contribution in [3.63, 3.8) is 0 Å². The zero-order valence-electron chi connectivity index (χ0n) is 11.0. The van der Waals surface area contributed by atoms with Crippen LogP contribution in [0.5, 0.6) is 0 Å². The van der Waals surface area contributed by atoms with Crippen LogP contribution < -0.4 is 5.32 Å². The molecule has 2 nitrogen and oxygen atoms in total. The lowest BCUT2D eigenvalue weighted by molar-refractivity contribution is 0.220. The van der Waals surface area contributed by atoms with Gasteiger partial charge in [0.05, 0.1) is 0 Å². The second-order valence-corrected chi connectivity index (χ2v) is 5.95. The molecule has 0 saturated heterocycles. The average Bonchev–Trinajstić information content (AvgIpc) is 2.86. The quantitative estimate of drug-likeness (QED) is 0.668. The molecule has 0 radical (unpaired) electrons. The highest BCUT2D eigenvalue weighted by Gasteiger charge is 2.39. The summed E-state index contributed by atoms with van der Waals surface area (Å²) in [6.45, 7) is 7.11. The van der Waals surface area contributed by atoms with Crippen LogP contribution >= 0.6 is 0 Å². The second-order valence-electron chi connectivity index (χ2n) is 5.95. The summed E-state index contributed by atoms with van der Waals surface area (Å²) in [5.74, 6) is 3.20. The van der Waals surface area contributed by atoms with E-state index in [-0.39, 0.29) is 0 Å². The molecule has 2 bridgehead atoms. The van der Waals surface area contributed by atoms with E-state index in [4.69, 9.17) is 0 Å². The van der Waals surface area contributed by atoms with Gasteiger partial charge in [0.15, 0.2) is 0 Å². The van der Waals surface area contributed by atoms with Gasteiger partial charge in [-0.05, 0) is 57.0 Å². The fraction of sp³-hybridized carbons (Fsp3) is 1.00. The Morgan fingerprint density at radius 3 is 2.69 bits per heavy atom. The molecular formula is C14H28N2. The maximum Gasteiger partial charge on any atom is 0.0104 e. The highest BCUT2D eigenvalue weighted by Crippen LogP contribution is 2.48. The van der Waals surface area contributed by atoms with E-state index in [1.54, 1.807) is 6.42 Å². The van der Waals surface area contributed by atoms with Crippen LogP contribution in [-0.2, 0) is 0 Å². The van der Waals surface area contributed by atoms with Crippen LogP contribution in [0.1, 0.15) is 39.0 Å². The number of hydrogen-bond acceptors (Lipinski definition) is 2. The van der Waals surface area contributed by atoms with Gasteiger partial charge in [0.1, 0.15) is 0 Å². The molecule has 16 heavy (non-hydrogen) atoms. The Morgan fingerprint density at radius 2 is 2.06 bits per heavy atom. The first-order chi connectivity index (χ1) is 7.79. The van der Waals surface area contributed by atoms with Gasteiger partial charge in [-0.2, -0.15) is 0 Å². The van der Waals surface area contributed by atoms with Gasteiger partial charge in [-0.3, -0.25) is 0 Å². The van der Waals surface area contributed by atoms with Crippen molar-refractivity contribution in [2.24, 2.45) is 17.8 Å². The smallest absolute Gasteiger partial charge is 0.0104 e. The summed E-state index contributed by atoms with van der Waals surface area (Å²) in [5, 5.41) is 3.48. The van der Waals surface area contributed by atoms with Crippen molar-refractivity contribution in [3.05, 3.63) is 0 Å². The molecule has 0 spiro atoms. The summed E-state index contributed by atoms with van der Waals surface area (Å²) in [6, 6.07) is 0. The number of likely N-dealkylation sites (N-methyl/N-ethyl adjacent to an activating group) is 1. The summed E-state index contributed by atoms with van der Waals surface area (Å²) in [7, 11) is 2.29. The van der Waals surface area contributed by atoms with E-state index in [1.165, 1.54) is 45.3 Å². The lowest BCUT2D eigenvalue weighted by Crippen LogP contribution is -2.34. The first-order valence-electron chi connectivity index (χ1n) is 7.18. The largest absolute Gasteiger partial charge is 0.315 e. The Kier molecular flexibility index (Phi) is 4.66. The van der Waals surface area contributed by atoms with E-state index < -0.39 is 0 Å². The molecule has 0 aliphatic heterocycles. The van der Waals surface area contributed by atoms with Gasteiger partial charge in [-0.1, -0.05) is 13.3 Å². The summed E-state index contributed by atoms with van der Waals surface area (Å²) in [6.07, 6.45) is 7.38. The van der Waals surface area contributed by atoms with Crippen molar-refractivity contribution in [2.75, 3.05) is 33.2 Å². The summed E-state index contributed by atoms with van der Waals surface area (Å²) < 4.78 is 0. The molecule has 2 aliphatic rings. The van der Waals surface area contributed by atoms with E-state index in [0.29, 0.717) is 0 Å². The van der Waals surface area contributed by atoms with Crippen molar-refractivity contribution in [1.29, 1.82) is 0 Å². The van der Waals surface area contributed by atoms with Crippen molar-refractivity contribution in [1.82, 2.24) is 10.2 Å². The van der Waals surface area contributed by atoms with Crippen molar-refractivity contribution in [3.8, 4) is 0 Å². The van der Waals surface area contributed by atoms with Crippen molar-refractivity contribution >= 4 is 0 Å². The zero-order chi connectivity index (χ0) is 11.4. The molecule has 0 aromatic heterocycles. The van der Waals surface area contributed by atoms with Crippen LogP contribution in [0.2, 0.25) is 0 Å². The van der Waals surface area contributed by atoms with Gasteiger partial charge in [0.2, 0.25) is 0 Å². The molecule has 94 valence electrons. The van der Waals surface area contributed by atoms with Crippen LogP contribution in [0, 0.1) is 17.8 Å². The van der Waals surface area contributed by atoms with E-state index >= 15 is 0 Å². The van der Waals surface area contributed by atoms with Gasteiger partial charge in [0.25, 0.3) is 0 Å². The third-order valence-corrected chi connectivity index (χ3v) is 4.53. The van der Waals surface area contributed by atoms with Crippen LogP contribution in [-0.4, -0.2) is 38.1 Å². The molecule has 0 aromatic rings. The molecule has 2 aliphatic carbocycles. The highest BCUT2D eigenvalue weighted by atomic mass is 15.1. The maximum absolute atomic E-state index is 3.48. The molecule has 2 rings (SSSR count). The predicted octanol–water partition coefficient (Wildman–Crippen LogP) is 2.35. The van der Waals surface area contributed by atoms with Gasteiger partial charge < -0.3 is 10.2 Å². The predicted molar refractivity (Wildman–Crippen MR) is 69.6 cm³/mol. The molecule has 0 heterocycles. The van der Waals surface area contributed by atoms with E-state index in [9.17, 15) is 0 Å². The van der Waals surface area contributed by atoms with E-state index in [2.05, 4.69) is 24.2 Å². The fourth-order valence-corrected chi connectivity index (χ4v) is 3.66.